The molecule has 0 aliphatic heterocycles. The number of nitrogens with zero attached hydrogens (tertiary/aromatic N) is 2. The number of hydrogen-bond donors (Lipinski definition) is 2. The van der Waals surface area contributed by atoms with Crippen LogP contribution < -0.4 is 4.72 Å². The maximum Gasteiger partial charge on any atom is 0.211 e. The summed E-state index contributed by atoms with van der Waals surface area (Å²) in [6.45, 7) is 0.186. The number of aliphatic hydroxyl groups is 1. The van der Waals surface area contributed by atoms with Crippen LogP contribution in [-0.2, 0) is 16.6 Å². The molecule has 0 aromatic carbocycles. The molecule has 0 fully saturated rings. The molecule has 0 aliphatic carbocycles. The lowest BCUT2D eigenvalue weighted by Crippen LogP contribution is -2.26. The third-order valence-corrected chi connectivity index (χ3v) is 3.35. The molecule has 6 nitrogen and oxygen atoms in total. The van der Waals surface area contributed by atoms with Crippen LogP contribution in [0.15, 0.2) is 18.6 Å². The minimum atomic E-state index is -3.27. The van der Waals surface area contributed by atoms with Crippen LogP contribution in [0.3, 0.4) is 0 Å². The second-order valence-electron chi connectivity index (χ2n) is 3.27. The van der Waals surface area contributed by atoms with Gasteiger partial charge in [0, 0.05) is 12.8 Å². The third kappa shape index (κ3) is 5.15. The number of hydrogen-bond acceptors (Lipinski definition) is 5. The molecule has 1 aromatic rings. The van der Waals surface area contributed by atoms with Gasteiger partial charge in [-0.25, -0.2) is 23.1 Å². The minimum absolute atomic E-state index is 0.0153. The molecule has 0 radical (unpaired) electrons. The minimum Gasteiger partial charge on any atom is -0.396 e. The molecule has 7 heteroatoms. The van der Waals surface area contributed by atoms with Crippen molar-refractivity contribution in [3.05, 3.63) is 24.3 Å². The summed E-state index contributed by atoms with van der Waals surface area (Å²) < 4.78 is 25.3. The largest absolute Gasteiger partial charge is 0.396 e. The summed E-state index contributed by atoms with van der Waals surface area (Å²) in [6, 6.07) is 1.65. The van der Waals surface area contributed by atoms with Crippen LogP contribution in [0.4, 0.5) is 0 Å². The van der Waals surface area contributed by atoms with Crippen LogP contribution in [0.5, 0.6) is 0 Å². The van der Waals surface area contributed by atoms with Crippen molar-refractivity contribution in [1.82, 2.24) is 14.7 Å². The standard InChI is InChI=1S/C9H15N3O3S/c13-5-1-2-6-16(14,15)12-7-9-3-4-10-8-11-9/h3-4,8,12-13H,1-2,5-7H2. The Hall–Kier alpha value is -1.05. The van der Waals surface area contributed by atoms with Crippen LogP contribution in [0.25, 0.3) is 0 Å². The Morgan fingerprint density at radius 1 is 1.38 bits per heavy atom. The predicted molar refractivity (Wildman–Crippen MR) is 59.0 cm³/mol. The molecule has 0 bridgehead atoms. The molecule has 0 unspecified atom stereocenters. The van der Waals surface area contributed by atoms with E-state index >= 15 is 0 Å². The zero-order valence-corrected chi connectivity index (χ0v) is 9.65. The summed E-state index contributed by atoms with van der Waals surface area (Å²) in [4.78, 5) is 7.63. The summed E-state index contributed by atoms with van der Waals surface area (Å²) in [5, 5.41) is 8.54. The molecule has 1 rings (SSSR count). The molecule has 0 spiro atoms. The maximum absolute atomic E-state index is 11.4. The molecule has 90 valence electrons. The lowest BCUT2D eigenvalue weighted by molar-refractivity contribution is 0.287. The number of aliphatic hydroxyl groups excluding tert-OH is 1. The van der Waals surface area contributed by atoms with Crippen LogP contribution in [0, 0.1) is 0 Å². The van der Waals surface area contributed by atoms with Crippen molar-refractivity contribution >= 4 is 10.0 Å². The summed E-state index contributed by atoms with van der Waals surface area (Å²) in [7, 11) is -3.27. The molecule has 1 aromatic heterocycles. The van der Waals surface area contributed by atoms with E-state index in [9.17, 15) is 8.42 Å². The van der Waals surface area contributed by atoms with E-state index in [1.54, 1.807) is 12.3 Å². The average Bonchev–Trinajstić information content (AvgIpc) is 2.28. The van der Waals surface area contributed by atoms with E-state index in [1.165, 1.54) is 6.33 Å². The first-order chi connectivity index (χ1) is 7.64. The van der Waals surface area contributed by atoms with E-state index in [0.717, 1.165) is 0 Å². The fourth-order valence-corrected chi connectivity index (χ4v) is 2.18. The fourth-order valence-electron chi connectivity index (χ4n) is 1.08. The van der Waals surface area contributed by atoms with Crippen LogP contribution in [0.2, 0.25) is 0 Å². The van der Waals surface area contributed by atoms with Crippen molar-refractivity contribution in [3.8, 4) is 0 Å². The Bertz CT molecular complexity index is 394. The van der Waals surface area contributed by atoms with Crippen LogP contribution in [0.1, 0.15) is 18.5 Å². The van der Waals surface area contributed by atoms with Crippen molar-refractivity contribution < 1.29 is 13.5 Å². The molecule has 0 saturated heterocycles. The first kappa shape index (κ1) is 13.0. The van der Waals surface area contributed by atoms with Gasteiger partial charge in [0.25, 0.3) is 0 Å². The predicted octanol–water partition coefficient (Wildman–Crippen LogP) is -0.332. The highest BCUT2D eigenvalue weighted by molar-refractivity contribution is 7.89. The highest BCUT2D eigenvalue weighted by Gasteiger charge is 2.09. The van der Waals surface area contributed by atoms with E-state index in [4.69, 9.17) is 5.11 Å². The lowest BCUT2D eigenvalue weighted by atomic mass is 10.4. The van der Waals surface area contributed by atoms with Crippen molar-refractivity contribution in [3.63, 3.8) is 0 Å². The van der Waals surface area contributed by atoms with Crippen molar-refractivity contribution in [2.24, 2.45) is 0 Å². The fraction of sp³-hybridized carbons (Fsp3) is 0.556. The van der Waals surface area contributed by atoms with Crippen LogP contribution in [-0.4, -0.2) is 35.9 Å². The Balaban J connectivity index is 2.36. The zero-order valence-electron chi connectivity index (χ0n) is 8.83. The van der Waals surface area contributed by atoms with Gasteiger partial charge in [0.1, 0.15) is 6.33 Å². The van der Waals surface area contributed by atoms with E-state index in [1.807, 2.05) is 0 Å². The third-order valence-electron chi connectivity index (χ3n) is 1.94. The molecule has 0 amide bonds. The van der Waals surface area contributed by atoms with Crippen molar-refractivity contribution in [2.45, 2.75) is 19.4 Å². The summed E-state index contributed by atoms with van der Waals surface area (Å²) >= 11 is 0. The summed E-state index contributed by atoms with van der Waals surface area (Å²) in [5.41, 5.74) is 0.626. The van der Waals surface area contributed by atoms with Gasteiger partial charge in [-0.3, -0.25) is 0 Å². The Labute approximate surface area is 94.8 Å². The van der Waals surface area contributed by atoms with Crippen molar-refractivity contribution in [2.75, 3.05) is 12.4 Å². The molecular formula is C9H15N3O3S. The average molecular weight is 245 g/mol. The highest BCUT2D eigenvalue weighted by Crippen LogP contribution is 1.96. The Morgan fingerprint density at radius 2 is 2.19 bits per heavy atom. The first-order valence-corrected chi connectivity index (χ1v) is 6.62. The zero-order chi connectivity index (χ0) is 11.9. The first-order valence-electron chi connectivity index (χ1n) is 4.97. The summed E-state index contributed by atoms with van der Waals surface area (Å²) in [6.07, 6.45) is 3.88. The molecular weight excluding hydrogens is 230 g/mol. The lowest BCUT2D eigenvalue weighted by Gasteiger charge is -2.05. The maximum atomic E-state index is 11.4. The summed E-state index contributed by atoms with van der Waals surface area (Å²) in [5.74, 6) is 0.0264. The SMILES string of the molecule is O=S(=O)(CCCCO)NCc1ccncn1. The van der Waals surface area contributed by atoms with E-state index in [-0.39, 0.29) is 18.9 Å². The molecule has 0 atom stereocenters. The molecule has 16 heavy (non-hydrogen) atoms. The van der Waals surface area contributed by atoms with E-state index in [2.05, 4.69) is 14.7 Å². The second kappa shape index (κ2) is 6.51. The number of nitrogens with one attached hydrogen (secondary N) is 1. The van der Waals surface area contributed by atoms with Gasteiger partial charge in [-0.15, -0.1) is 0 Å². The molecule has 0 saturated carbocycles. The normalized spacial score (nSPS) is 11.6. The smallest absolute Gasteiger partial charge is 0.211 e. The van der Waals surface area contributed by atoms with Crippen LogP contribution >= 0.6 is 0 Å². The van der Waals surface area contributed by atoms with Gasteiger partial charge in [0.05, 0.1) is 18.0 Å². The Kier molecular flexibility index (Phi) is 5.30. The highest BCUT2D eigenvalue weighted by atomic mass is 32.2. The molecule has 0 aliphatic rings. The second-order valence-corrected chi connectivity index (χ2v) is 5.20. The van der Waals surface area contributed by atoms with Gasteiger partial charge in [-0.2, -0.15) is 0 Å². The number of aromatic nitrogens is 2. The molecule has 2 N–H and O–H groups in total. The van der Waals surface area contributed by atoms with E-state index in [0.29, 0.717) is 18.5 Å². The van der Waals surface area contributed by atoms with Gasteiger partial charge in [-0.05, 0) is 18.9 Å². The van der Waals surface area contributed by atoms with Gasteiger partial charge in [0.15, 0.2) is 0 Å². The number of unbranched alkanes of at least 4 members (excludes halogenated alkanes) is 1. The van der Waals surface area contributed by atoms with Gasteiger partial charge >= 0.3 is 0 Å². The Morgan fingerprint density at radius 3 is 2.81 bits per heavy atom. The number of sulfonamides is 1. The van der Waals surface area contributed by atoms with Gasteiger partial charge in [0.2, 0.25) is 10.0 Å². The quantitative estimate of drug-likeness (QED) is 0.642. The molecule has 1 heterocycles. The monoisotopic (exact) mass is 245 g/mol. The number of rotatable bonds is 7. The topological polar surface area (TPSA) is 92.2 Å². The van der Waals surface area contributed by atoms with Gasteiger partial charge in [-0.1, -0.05) is 0 Å². The van der Waals surface area contributed by atoms with Crippen molar-refractivity contribution in [1.29, 1.82) is 0 Å². The van der Waals surface area contributed by atoms with E-state index < -0.39 is 10.0 Å². The van der Waals surface area contributed by atoms with Gasteiger partial charge < -0.3 is 5.11 Å².